The van der Waals surface area contributed by atoms with Crippen LogP contribution >= 0.6 is 11.3 Å². The number of rotatable bonds is 4. The average molecular weight is 364 g/mol. The number of carbonyl (C=O) groups is 1. The number of hydrogen-bond acceptors (Lipinski definition) is 6. The normalized spacial score (nSPS) is 23.1. The van der Waals surface area contributed by atoms with Crippen molar-refractivity contribution in [3.8, 4) is 0 Å². The SMILES string of the molecule is O=C(NCC1(F)CCN(c2nc3cnccc3s2)CC1)C1CCOC1. The monoisotopic (exact) mass is 364 g/mol. The molecule has 2 saturated heterocycles. The van der Waals surface area contributed by atoms with Crippen molar-refractivity contribution in [2.24, 2.45) is 5.92 Å². The van der Waals surface area contributed by atoms with Gasteiger partial charge in [0.2, 0.25) is 5.91 Å². The second-order valence-electron chi connectivity index (χ2n) is 6.76. The van der Waals surface area contributed by atoms with Gasteiger partial charge in [0.1, 0.15) is 11.2 Å². The lowest BCUT2D eigenvalue weighted by Gasteiger charge is -2.36. The number of piperidine rings is 1. The van der Waals surface area contributed by atoms with Gasteiger partial charge in [0.15, 0.2) is 5.13 Å². The quantitative estimate of drug-likeness (QED) is 0.900. The van der Waals surface area contributed by atoms with Gasteiger partial charge >= 0.3 is 0 Å². The first-order valence-electron chi connectivity index (χ1n) is 8.63. The first-order chi connectivity index (χ1) is 12.1. The maximum Gasteiger partial charge on any atom is 0.225 e. The highest BCUT2D eigenvalue weighted by Crippen LogP contribution is 2.33. The number of ether oxygens (including phenoxy) is 1. The molecule has 1 amide bonds. The second kappa shape index (κ2) is 6.84. The zero-order chi connectivity index (χ0) is 17.3. The summed E-state index contributed by atoms with van der Waals surface area (Å²) in [4.78, 5) is 22.8. The number of alkyl halides is 1. The molecule has 1 atom stereocenters. The van der Waals surface area contributed by atoms with Crippen LogP contribution in [0.4, 0.5) is 9.52 Å². The molecule has 0 saturated carbocycles. The van der Waals surface area contributed by atoms with E-state index in [0.29, 0.717) is 39.1 Å². The number of nitrogens with zero attached hydrogens (tertiary/aromatic N) is 3. The fourth-order valence-electron chi connectivity index (χ4n) is 3.31. The van der Waals surface area contributed by atoms with Gasteiger partial charge in [0, 0.05) is 38.7 Å². The topological polar surface area (TPSA) is 67.4 Å². The highest BCUT2D eigenvalue weighted by atomic mass is 32.1. The van der Waals surface area contributed by atoms with Gasteiger partial charge in [0.05, 0.1) is 30.0 Å². The highest BCUT2D eigenvalue weighted by Gasteiger charge is 2.36. The molecule has 2 aliphatic heterocycles. The third-order valence-electron chi connectivity index (χ3n) is 4.99. The second-order valence-corrected chi connectivity index (χ2v) is 7.77. The van der Waals surface area contributed by atoms with Crippen molar-refractivity contribution < 1.29 is 13.9 Å². The fraction of sp³-hybridized carbons (Fsp3) is 0.588. The smallest absolute Gasteiger partial charge is 0.225 e. The summed E-state index contributed by atoms with van der Waals surface area (Å²) >= 11 is 1.61. The summed E-state index contributed by atoms with van der Waals surface area (Å²) in [5, 5.41) is 3.69. The number of anilines is 1. The van der Waals surface area contributed by atoms with Gasteiger partial charge in [0.25, 0.3) is 0 Å². The molecule has 0 aliphatic carbocycles. The molecule has 2 aromatic rings. The van der Waals surface area contributed by atoms with Gasteiger partial charge in [-0.15, -0.1) is 0 Å². The van der Waals surface area contributed by atoms with E-state index in [1.54, 1.807) is 23.7 Å². The van der Waals surface area contributed by atoms with Crippen molar-refractivity contribution in [2.45, 2.75) is 24.9 Å². The minimum absolute atomic E-state index is 0.0833. The van der Waals surface area contributed by atoms with E-state index in [1.807, 2.05) is 6.07 Å². The van der Waals surface area contributed by atoms with Crippen LogP contribution in [0.15, 0.2) is 18.5 Å². The third-order valence-corrected chi connectivity index (χ3v) is 6.09. The minimum Gasteiger partial charge on any atom is -0.381 e. The largest absolute Gasteiger partial charge is 0.381 e. The zero-order valence-electron chi connectivity index (χ0n) is 13.9. The van der Waals surface area contributed by atoms with Gasteiger partial charge in [-0.05, 0) is 12.5 Å². The summed E-state index contributed by atoms with van der Waals surface area (Å²) in [6.45, 7) is 2.36. The molecule has 6 nitrogen and oxygen atoms in total. The number of hydrogen-bond donors (Lipinski definition) is 1. The molecular weight excluding hydrogens is 343 g/mol. The van der Waals surface area contributed by atoms with E-state index in [0.717, 1.165) is 21.8 Å². The number of nitrogens with one attached hydrogen (secondary N) is 1. The Morgan fingerprint density at radius 2 is 2.32 bits per heavy atom. The maximum absolute atomic E-state index is 15.0. The van der Waals surface area contributed by atoms with Gasteiger partial charge in [-0.2, -0.15) is 0 Å². The summed E-state index contributed by atoms with van der Waals surface area (Å²) in [5.74, 6) is -0.212. The molecule has 2 aromatic heterocycles. The molecule has 1 N–H and O–H groups in total. The van der Waals surface area contributed by atoms with Crippen molar-refractivity contribution in [1.29, 1.82) is 0 Å². The Labute approximate surface area is 149 Å². The van der Waals surface area contributed by atoms with Crippen LogP contribution in [-0.4, -0.2) is 54.4 Å². The van der Waals surface area contributed by atoms with Crippen LogP contribution < -0.4 is 10.2 Å². The molecule has 25 heavy (non-hydrogen) atoms. The molecule has 4 rings (SSSR count). The molecule has 134 valence electrons. The number of carbonyl (C=O) groups excluding carboxylic acids is 1. The third kappa shape index (κ3) is 3.59. The molecule has 4 heterocycles. The van der Waals surface area contributed by atoms with Crippen LogP contribution in [0, 0.1) is 5.92 Å². The molecule has 2 fully saturated rings. The van der Waals surface area contributed by atoms with Gasteiger partial charge < -0.3 is 15.0 Å². The standard InChI is InChI=1S/C17H21FN4O2S/c18-17(11-20-15(23)12-2-8-24-10-12)3-6-22(7-4-17)16-21-13-9-19-5-1-14(13)25-16/h1,5,9,12H,2-4,6-8,10-11H2,(H,20,23). The van der Waals surface area contributed by atoms with Crippen molar-refractivity contribution in [3.05, 3.63) is 18.5 Å². The predicted octanol–water partition coefficient (Wildman–Crippen LogP) is 2.15. The van der Waals surface area contributed by atoms with E-state index in [4.69, 9.17) is 4.74 Å². The molecular formula is C17H21FN4O2S. The van der Waals surface area contributed by atoms with E-state index in [-0.39, 0.29) is 18.4 Å². The summed E-state index contributed by atoms with van der Waals surface area (Å²) in [6.07, 6.45) is 5.02. The first-order valence-corrected chi connectivity index (χ1v) is 9.44. The Morgan fingerprint density at radius 1 is 1.48 bits per heavy atom. The average Bonchev–Trinajstić information content (AvgIpc) is 3.30. The number of fused-ring (bicyclic) bond motifs is 1. The Morgan fingerprint density at radius 3 is 3.04 bits per heavy atom. The minimum atomic E-state index is -1.34. The maximum atomic E-state index is 15.0. The molecule has 1 unspecified atom stereocenters. The van der Waals surface area contributed by atoms with Crippen molar-refractivity contribution >= 4 is 32.6 Å². The highest BCUT2D eigenvalue weighted by molar-refractivity contribution is 7.22. The Kier molecular flexibility index (Phi) is 4.56. The van der Waals surface area contributed by atoms with Crippen LogP contribution in [0.2, 0.25) is 0 Å². The van der Waals surface area contributed by atoms with Crippen LogP contribution in [0.5, 0.6) is 0 Å². The van der Waals surface area contributed by atoms with Crippen molar-refractivity contribution in [1.82, 2.24) is 15.3 Å². The summed E-state index contributed by atoms with van der Waals surface area (Å²) in [5.41, 5.74) is -0.463. The van der Waals surface area contributed by atoms with Gasteiger partial charge in [-0.25, -0.2) is 9.37 Å². The molecule has 8 heteroatoms. The van der Waals surface area contributed by atoms with Crippen molar-refractivity contribution in [2.75, 3.05) is 37.7 Å². The fourth-order valence-corrected chi connectivity index (χ4v) is 4.29. The zero-order valence-corrected chi connectivity index (χ0v) is 14.7. The lowest BCUT2D eigenvalue weighted by molar-refractivity contribution is -0.125. The van der Waals surface area contributed by atoms with E-state index >= 15 is 4.39 Å². The van der Waals surface area contributed by atoms with Gasteiger partial charge in [-0.3, -0.25) is 9.78 Å². The Hall–Kier alpha value is -1.80. The van der Waals surface area contributed by atoms with Crippen LogP contribution in [-0.2, 0) is 9.53 Å². The lowest BCUT2D eigenvalue weighted by atomic mass is 9.93. The summed E-state index contributed by atoms with van der Waals surface area (Å²) < 4.78 is 21.3. The lowest BCUT2D eigenvalue weighted by Crippen LogP contribution is -2.49. The number of halogens is 1. The van der Waals surface area contributed by atoms with Crippen LogP contribution in [0.3, 0.4) is 0 Å². The number of amides is 1. The number of thiazole rings is 1. The van der Waals surface area contributed by atoms with Crippen LogP contribution in [0.25, 0.3) is 10.2 Å². The van der Waals surface area contributed by atoms with E-state index in [2.05, 4.69) is 20.2 Å². The Bertz CT molecular complexity index is 721. The van der Waals surface area contributed by atoms with E-state index in [9.17, 15) is 4.79 Å². The first kappa shape index (κ1) is 16.7. The van der Waals surface area contributed by atoms with E-state index < -0.39 is 5.67 Å². The molecule has 0 spiro atoms. The predicted molar refractivity (Wildman–Crippen MR) is 94.6 cm³/mol. The molecule has 0 bridgehead atoms. The Balaban J connectivity index is 1.33. The molecule has 0 aromatic carbocycles. The number of pyridine rings is 1. The number of aromatic nitrogens is 2. The van der Waals surface area contributed by atoms with E-state index in [1.165, 1.54) is 0 Å². The summed E-state index contributed by atoms with van der Waals surface area (Å²) in [7, 11) is 0. The summed E-state index contributed by atoms with van der Waals surface area (Å²) in [6, 6.07) is 1.95. The van der Waals surface area contributed by atoms with Crippen molar-refractivity contribution in [3.63, 3.8) is 0 Å². The molecule has 0 radical (unpaired) electrons. The van der Waals surface area contributed by atoms with Gasteiger partial charge in [-0.1, -0.05) is 11.3 Å². The van der Waals surface area contributed by atoms with Crippen LogP contribution in [0.1, 0.15) is 19.3 Å². The molecule has 2 aliphatic rings.